The zero-order valence-corrected chi connectivity index (χ0v) is 13.7. The molecule has 0 amide bonds. The van der Waals surface area contributed by atoms with Gasteiger partial charge in [0.15, 0.2) is 0 Å². The monoisotopic (exact) mass is 354 g/mol. The van der Waals surface area contributed by atoms with Crippen molar-refractivity contribution in [2.24, 2.45) is 0 Å². The Hall–Kier alpha value is -1.17. The van der Waals surface area contributed by atoms with E-state index in [0.717, 1.165) is 21.2 Å². The quantitative estimate of drug-likeness (QED) is 0.780. The summed E-state index contributed by atoms with van der Waals surface area (Å²) >= 11 is 3.41. The van der Waals surface area contributed by atoms with Gasteiger partial charge in [0.05, 0.1) is 11.5 Å². The molecular formula is C15H15BrO3S. The molecule has 0 radical (unpaired) electrons. The van der Waals surface area contributed by atoms with Crippen molar-refractivity contribution in [3.8, 4) is 0 Å². The molecule has 2 aromatic carbocycles. The summed E-state index contributed by atoms with van der Waals surface area (Å²) in [6.07, 6.45) is 0. The Morgan fingerprint density at radius 1 is 1.05 bits per heavy atom. The van der Waals surface area contributed by atoms with Crippen molar-refractivity contribution in [2.45, 2.75) is 25.3 Å². The van der Waals surface area contributed by atoms with Gasteiger partial charge in [-0.15, -0.1) is 0 Å². The van der Waals surface area contributed by atoms with E-state index in [0.29, 0.717) is 0 Å². The van der Waals surface area contributed by atoms with Crippen LogP contribution in [0.2, 0.25) is 0 Å². The van der Waals surface area contributed by atoms with Gasteiger partial charge in [0, 0.05) is 4.47 Å². The van der Waals surface area contributed by atoms with Gasteiger partial charge in [0.25, 0.3) is 10.1 Å². The summed E-state index contributed by atoms with van der Waals surface area (Å²) in [5.74, 6) is 0. The molecule has 0 aliphatic heterocycles. The smallest absolute Gasteiger partial charge is 0.261 e. The molecule has 0 fully saturated rings. The highest BCUT2D eigenvalue weighted by Crippen LogP contribution is 2.23. The average Bonchev–Trinajstić information content (AvgIpc) is 2.38. The fraction of sp³-hybridized carbons (Fsp3) is 0.200. The second-order valence-corrected chi connectivity index (χ2v) is 7.03. The third-order valence-electron chi connectivity index (χ3n) is 3.02. The first kappa shape index (κ1) is 15.2. The lowest BCUT2D eigenvalue weighted by Gasteiger charge is -2.10. The molecule has 0 bridgehead atoms. The minimum Gasteiger partial charge on any atom is -0.261 e. The van der Waals surface area contributed by atoms with E-state index in [1.807, 2.05) is 32.0 Å². The van der Waals surface area contributed by atoms with Gasteiger partial charge in [-0.2, -0.15) is 8.42 Å². The Bertz CT molecular complexity index is 686. The molecule has 5 heteroatoms. The van der Waals surface area contributed by atoms with E-state index in [9.17, 15) is 8.42 Å². The van der Waals surface area contributed by atoms with Crippen LogP contribution in [-0.2, 0) is 20.9 Å². The van der Waals surface area contributed by atoms with Gasteiger partial charge >= 0.3 is 0 Å². The summed E-state index contributed by atoms with van der Waals surface area (Å²) in [6, 6.07) is 12.3. The highest BCUT2D eigenvalue weighted by Gasteiger charge is 2.16. The number of aryl methyl sites for hydroxylation is 2. The fourth-order valence-electron chi connectivity index (χ4n) is 1.76. The van der Waals surface area contributed by atoms with Gasteiger partial charge in [-0.05, 0) is 43.2 Å². The maximum atomic E-state index is 12.1. The Morgan fingerprint density at radius 2 is 1.70 bits per heavy atom. The third-order valence-corrected chi connectivity index (χ3v) is 5.04. The van der Waals surface area contributed by atoms with Gasteiger partial charge in [-0.3, -0.25) is 4.18 Å². The first-order valence-electron chi connectivity index (χ1n) is 6.10. The van der Waals surface area contributed by atoms with E-state index in [1.54, 1.807) is 24.3 Å². The molecule has 0 saturated heterocycles. The minimum atomic E-state index is -3.73. The van der Waals surface area contributed by atoms with E-state index in [2.05, 4.69) is 15.9 Å². The Balaban J connectivity index is 2.20. The first-order valence-corrected chi connectivity index (χ1v) is 8.30. The molecule has 2 aromatic rings. The lowest BCUT2D eigenvalue weighted by molar-refractivity contribution is 0.306. The van der Waals surface area contributed by atoms with Crippen LogP contribution in [0.5, 0.6) is 0 Å². The summed E-state index contributed by atoms with van der Waals surface area (Å²) in [4.78, 5) is 0.174. The van der Waals surface area contributed by atoms with Crippen LogP contribution < -0.4 is 0 Å². The number of hydrogen-bond acceptors (Lipinski definition) is 3. The number of benzene rings is 2. The van der Waals surface area contributed by atoms with Crippen LogP contribution in [0.3, 0.4) is 0 Å². The molecule has 0 heterocycles. The topological polar surface area (TPSA) is 43.4 Å². The predicted molar refractivity (Wildman–Crippen MR) is 82.0 cm³/mol. The van der Waals surface area contributed by atoms with Crippen LogP contribution >= 0.6 is 15.9 Å². The fourth-order valence-corrected chi connectivity index (χ4v) is 3.22. The second-order valence-electron chi connectivity index (χ2n) is 4.56. The highest BCUT2D eigenvalue weighted by atomic mass is 79.9. The predicted octanol–water partition coefficient (Wildman–Crippen LogP) is 3.97. The second kappa shape index (κ2) is 6.08. The largest absolute Gasteiger partial charge is 0.297 e. The molecular weight excluding hydrogens is 340 g/mol. The van der Waals surface area contributed by atoms with Gasteiger partial charge in [-0.25, -0.2) is 0 Å². The number of hydrogen-bond donors (Lipinski definition) is 0. The SMILES string of the molecule is Cc1ccc(S(=O)(=O)OCc2c(C)cccc2Br)cc1. The molecule has 0 aliphatic rings. The molecule has 0 atom stereocenters. The van der Waals surface area contributed by atoms with Crippen LogP contribution in [-0.4, -0.2) is 8.42 Å². The van der Waals surface area contributed by atoms with E-state index >= 15 is 0 Å². The molecule has 20 heavy (non-hydrogen) atoms. The van der Waals surface area contributed by atoms with Crippen LogP contribution in [0.25, 0.3) is 0 Å². The maximum Gasteiger partial charge on any atom is 0.297 e. The molecule has 0 saturated carbocycles. The molecule has 3 nitrogen and oxygen atoms in total. The van der Waals surface area contributed by atoms with Crippen LogP contribution in [0, 0.1) is 13.8 Å². The lowest BCUT2D eigenvalue weighted by atomic mass is 10.1. The summed E-state index contributed by atoms with van der Waals surface area (Å²) in [5, 5.41) is 0. The van der Waals surface area contributed by atoms with Crippen molar-refractivity contribution in [3.05, 3.63) is 63.6 Å². The molecule has 2 rings (SSSR count). The van der Waals surface area contributed by atoms with Gasteiger partial charge in [-0.1, -0.05) is 45.8 Å². The normalized spacial score (nSPS) is 11.6. The van der Waals surface area contributed by atoms with Crippen molar-refractivity contribution >= 4 is 26.0 Å². The first-order chi connectivity index (χ1) is 9.40. The zero-order valence-electron chi connectivity index (χ0n) is 11.3. The summed E-state index contributed by atoms with van der Waals surface area (Å²) in [7, 11) is -3.73. The standard InChI is InChI=1S/C15H15BrO3S/c1-11-6-8-13(9-7-11)20(17,18)19-10-14-12(2)4-3-5-15(14)16/h3-9H,10H2,1-2H3. The van der Waals surface area contributed by atoms with E-state index in [4.69, 9.17) is 4.18 Å². The minimum absolute atomic E-state index is 0.0173. The van der Waals surface area contributed by atoms with E-state index in [-0.39, 0.29) is 11.5 Å². The average molecular weight is 355 g/mol. The zero-order chi connectivity index (χ0) is 14.8. The van der Waals surface area contributed by atoms with Crippen molar-refractivity contribution in [1.29, 1.82) is 0 Å². The summed E-state index contributed by atoms with van der Waals surface area (Å²) in [6.45, 7) is 3.84. The molecule has 0 aliphatic carbocycles. The Labute approximate surface area is 127 Å². The van der Waals surface area contributed by atoms with Gasteiger partial charge in [0.1, 0.15) is 0 Å². The highest BCUT2D eigenvalue weighted by molar-refractivity contribution is 9.10. The molecule has 0 spiro atoms. The van der Waals surface area contributed by atoms with Crippen molar-refractivity contribution in [1.82, 2.24) is 0 Å². The van der Waals surface area contributed by atoms with Crippen molar-refractivity contribution in [3.63, 3.8) is 0 Å². The Morgan fingerprint density at radius 3 is 2.30 bits per heavy atom. The summed E-state index contributed by atoms with van der Waals surface area (Å²) < 4.78 is 30.2. The Kier molecular flexibility index (Phi) is 4.62. The van der Waals surface area contributed by atoms with Crippen LogP contribution in [0.15, 0.2) is 51.8 Å². The van der Waals surface area contributed by atoms with Crippen molar-refractivity contribution < 1.29 is 12.6 Å². The maximum absolute atomic E-state index is 12.1. The molecule has 0 unspecified atom stereocenters. The third kappa shape index (κ3) is 3.48. The van der Waals surface area contributed by atoms with E-state index < -0.39 is 10.1 Å². The van der Waals surface area contributed by atoms with Crippen LogP contribution in [0.1, 0.15) is 16.7 Å². The number of rotatable bonds is 4. The number of halogens is 1. The van der Waals surface area contributed by atoms with Gasteiger partial charge < -0.3 is 0 Å². The molecule has 0 N–H and O–H groups in total. The van der Waals surface area contributed by atoms with Gasteiger partial charge in [0.2, 0.25) is 0 Å². The molecule has 0 aromatic heterocycles. The summed E-state index contributed by atoms with van der Waals surface area (Å²) in [5.41, 5.74) is 2.83. The lowest BCUT2D eigenvalue weighted by Crippen LogP contribution is -2.07. The van der Waals surface area contributed by atoms with Crippen LogP contribution in [0.4, 0.5) is 0 Å². The van der Waals surface area contributed by atoms with E-state index in [1.165, 1.54) is 0 Å². The van der Waals surface area contributed by atoms with Crippen molar-refractivity contribution in [2.75, 3.05) is 0 Å². The molecule has 106 valence electrons.